The van der Waals surface area contributed by atoms with Crippen LogP contribution in [0.1, 0.15) is 36.6 Å². The smallest absolute Gasteiger partial charge is 0.263 e. The standard InChI is InChI=1S/C24H26N4O3S/c1-14(2)18-8-6-15(3)10-20(18)31-13-23(29)26-22-11-16(4)27-28(22)24-25-19-9-7-17(30-5)12-21(19)32-24/h6-12,14H,13H2,1-5H3,(H,26,29). The van der Waals surface area contributed by atoms with Crippen molar-refractivity contribution in [2.24, 2.45) is 0 Å². The van der Waals surface area contributed by atoms with Crippen molar-refractivity contribution in [3.05, 3.63) is 59.3 Å². The van der Waals surface area contributed by atoms with Crippen LogP contribution < -0.4 is 14.8 Å². The number of amides is 1. The van der Waals surface area contributed by atoms with Crippen LogP contribution in [0, 0.1) is 13.8 Å². The maximum atomic E-state index is 12.7. The van der Waals surface area contributed by atoms with Crippen molar-refractivity contribution in [3.8, 4) is 16.6 Å². The number of nitrogens with zero attached hydrogens (tertiary/aromatic N) is 3. The van der Waals surface area contributed by atoms with E-state index < -0.39 is 0 Å². The van der Waals surface area contributed by atoms with Crippen LogP contribution in [0.3, 0.4) is 0 Å². The van der Waals surface area contributed by atoms with Crippen LogP contribution in [0.25, 0.3) is 15.3 Å². The van der Waals surface area contributed by atoms with Gasteiger partial charge in [-0.1, -0.05) is 37.3 Å². The fraction of sp³-hybridized carbons (Fsp3) is 0.292. The van der Waals surface area contributed by atoms with E-state index in [0.717, 1.165) is 38.5 Å². The zero-order chi connectivity index (χ0) is 22.8. The lowest BCUT2D eigenvalue weighted by Gasteiger charge is -2.15. The Hall–Kier alpha value is -3.39. The minimum Gasteiger partial charge on any atom is -0.497 e. The van der Waals surface area contributed by atoms with Crippen LogP contribution in [0.2, 0.25) is 0 Å². The van der Waals surface area contributed by atoms with Gasteiger partial charge in [-0.05, 0) is 55.2 Å². The summed E-state index contributed by atoms with van der Waals surface area (Å²) in [7, 11) is 1.64. The van der Waals surface area contributed by atoms with E-state index in [9.17, 15) is 4.79 Å². The third-order valence-electron chi connectivity index (χ3n) is 5.01. The summed E-state index contributed by atoms with van der Waals surface area (Å²) >= 11 is 1.48. The Bertz CT molecular complexity index is 1280. The van der Waals surface area contributed by atoms with Crippen LogP contribution in [0.4, 0.5) is 5.82 Å². The highest BCUT2D eigenvalue weighted by molar-refractivity contribution is 7.20. The lowest BCUT2D eigenvalue weighted by atomic mass is 10.0. The van der Waals surface area contributed by atoms with Crippen LogP contribution in [0.15, 0.2) is 42.5 Å². The van der Waals surface area contributed by atoms with E-state index in [2.05, 4.69) is 35.3 Å². The Balaban J connectivity index is 1.53. The second-order valence-electron chi connectivity index (χ2n) is 7.95. The molecule has 0 atom stereocenters. The minimum atomic E-state index is -0.259. The monoisotopic (exact) mass is 450 g/mol. The molecule has 0 bridgehead atoms. The number of carbonyl (C=O) groups excluding carboxylic acids is 1. The quantitative estimate of drug-likeness (QED) is 0.416. The van der Waals surface area contributed by atoms with Gasteiger partial charge in [-0.3, -0.25) is 4.79 Å². The summed E-state index contributed by atoms with van der Waals surface area (Å²) in [5, 5.41) is 8.09. The van der Waals surface area contributed by atoms with E-state index in [1.54, 1.807) is 11.8 Å². The number of nitrogens with one attached hydrogen (secondary N) is 1. The zero-order valence-electron chi connectivity index (χ0n) is 18.8. The Morgan fingerprint density at radius 3 is 2.72 bits per heavy atom. The van der Waals surface area contributed by atoms with E-state index in [-0.39, 0.29) is 12.5 Å². The van der Waals surface area contributed by atoms with Crippen molar-refractivity contribution in [1.29, 1.82) is 0 Å². The summed E-state index contributed by atoms with van der Waals surface area (Å²) in [5.41, 5.74) is 3.79. The van der Waals surface area contributed by atoms with E-state index >= 15 is 0 Å². The first-order chi connectivity index (χ1) is 15.3. The Morgan fingerprint density at radius 1 is 1.16 bits per heavy atom. The molecule has 2 heterocycles. The molecule has 0 aliphatic carbocycles. The third kappa shape index (κ3) is 4.60. The van der Waals surface area contributed by atoms with Crippen LogP contribution in [-0.4, -0.2) is 34.4 Å². The molecular weight excluding hydrogens is 424 g/mol. The average Bonchev–Trinajstić information content (AvgIpc) is 3.34. The van der Waals surface area contributed by atoms with Crippen molar-refractivity contribution in [2.75, 3.05) is 19.0 Å². The third-order valence-corrected chi connectivity index (χ3v) is 6.01. The average molecular weight is 451 g/mol. The van der Waals surface area contributed by atoms with Crippen molar-refractivity contribution < 1.29 is 14.3 Å². The van der Waals surface area contributed by atoms with Crippen LogP contribution >= 0.6 is 11.3 Å². The number of fused-ring (bicyclic) bond motifs is 1. The molecule has 166 valence electrons. The van der Waals surface area contributed by atoms with Gasteiger partial charge >= 0.3 is 0 Å². The second-order valence-corrected chi connectivity index (χ2v) is 8.95. The van der Waals surface area contributed by atoms with Crippen molar-refractivity contribution >= 4 is 33.3 Å². The molecule has 2 aromatic heterocycles. The molecule has 0 aliphatic heterocycles. The number of hydrogen-bond donors (Lipinski definition) is 1. The molecule has 4 rings (SSSR count). The first-order valence-corrected chi connectivity index (χ1v) is 11.2. The molecule has 0 aliphatic rings. The van der Waals surface area contributed by atoms with Gasteiger partial charge < -0.3 is 14.8 Å². The molecule has 0 unspecified atom stereocenters. The number of carbonyl (C=O) groups is 1. The van der Waals surface area contributed by atoms with Gasteiger partial charge in [0.25, 0.3) is 5.91 Å². The highest BCUT2D eigenvalue weighted by Gasteiger charge is 2.16. The van der Waals surface area contributed by atoms with Crippen molar-refractivity contribution in [3.63, 3.8) is 0 Å². The van der Waals surface area contributed by atoms with Gasteiger partial charge in [0.1, 0.15) is 17.3 Å². The number of aryl methyl sites for hydroxylation is 2. The lowest BCUT2D eigenvalue weighted by molar-refractivity contribution is -0.118. The highest BCUT2D eigenvalue weighted by Crippen LogP contribution is 2.30. The number of hydrogen-bond acceptors (Lipinski definition) is 6. The summed E-state index contributed by atoms with van der Waals surface area (Å²) in [6, 6.07) is 13.6. The predicted octanol–water partition coefficient (Wildman–Crippen LogP) is 5.25. The molecule has 2 aromatic carbocycles. The van der Waals surface area contributed by atoms with Crippen molar-refractivity contribution in [1.82, 2.24) is 14.8 Å². The topological polar surface area (TPSA) is 78.3 Å². The number of ether oxygens (including phenoxy) is 2. The molecule has 8 heteroatoms. The van der Waals surface area contributed by atoms with E-state index in [0.29, 0.717) is 16.9 Å². The van der Waals surface area contributed by atoms with E-state index in [1.807, 2.05) is 50.2 Å². The lowest BCUT2D eigenvalue weighted by Crippen LogP contribution is -2.22. The van der Waals surface area contributed by atoms with E-state index in [1.165, 1.54) is 11.3 Å². The molecule has 0 fully saturated rings. The van der Waals surface area contributed by atoms with Gasteiger partial charge in [-0.2, -0.15) is 9.78 Å². The largest absolute Gasteiger partial charge is 0.497 e. The normalized spacial score (nSPS) is 11.2. The van der Waals surface area contributed by atoms with Gasteiger partial charge in [-0.15, -0.1) is 0 Å². The summed E-state index contributed by atoms with van der Waals surface area (Å²) in [6.07, 6.45) is 0. The minimum absolute atomic E-state index is 0.0928. The Morgan fingerprint density at radius 2 is 1.97 bits per heavy atom. The SMILES string of the molecule is COc1ccc2nc(-n3nc(C)cc3NC(=O)COc3cc(C)ccc3C(C)C)sc2c1. The van der Waals surface area contributed by atoms with Gasteiger partial charge in [0.05, 0.1) is 23.0 Å². The fourth-order valence-corrected chi connectivity index (χ4v) is 4.37. The number of aromatic nitrogens is 3. The summed E-state index contributed by atoms with van der Waals surface area (Å²) in [6.45, 7) is 8.00. The predicted molar refractivity (Wildman–Crippen MR) is 127 cm³/mol. The number of anilines is 1. The number of benzene rings is 2. The maximum absolute atomic E-state index is 12.7. The molecule has 1 N–H and O–H groups in total. The van der Waals surface area contributed by atoms with Gasteiger partial charge in [0, 0.05) is 6.07 Å². The van der Waals surface area contributed by atoms with Crippen molar-refractivity contribution in [2.45, 2.75) is 33.6 Å². The zero-order valence-corrected chi connectivity index (χ0v) is 19.6. The molecule has 1 amide bonds. The Labute approximate surface area is 191 Å². The molecule has 32 heavy (non-hydrogen) atoms. The Kier molecular flexibility index (Phi) is 6.14. The second kappa shape index (κ2) is 9.00. The molecular formula is C24H26N4O3S. The molecule has 0 spiro atoms. The molecule has 7 nitrogen and oxygen atoms in total. The van der Waals surface area contributed by atoms with Crippen LogP contribution in [-0.2, 0) is 4.79 Å². The molecule has 4 aromatic rings. The van der Waals surface area contributed by atoms with Crippen LogP contribution in [0.5, 0.6) is 11.5 Å². The highest BCUT2D eigenvalue weighted by atomic mass is 32.1. The molecule has 0 saturated heterocycles. The summed E-state index contributed by atoms with van der Waals surface area (Å²) in [4.78, 5) is 17.3. The number of rotatable bonds is 7. The molecule has 0 saturated carbocycles. The van der Waals surface area contributed by atoms with Gasteiger partial charge in [0.2, 0.25) is 5.13 Å². The summed E-state index contributed by atoms with van der Waals surface area (Å²) < 4.78 is 13.8. The first kappa shape index (κ1) is 21.8. The van der Waals surface area contributed by atoms with E-state index in [4.69, 9.17) is 9.47 Å². The number of methoxy groups -OCH3 is 1. The van der Waals surface area contributed by atoms with Gasteiger partial charge in [0.15, 0.2) is 6.61 Å². The molecule has 0 radical (unpaired) electrons. The van der Waals surface area contributed by atoms with Gasteiger partial charge in [-0.25, -0.2) is 4.98 Å². The summed E-state index contributed by atoms with van der Waals surface area (Å²) in [5.74, 6) is 2.10. The number of thiazole rings is 1. The fourth-order valence-electron chi connectivity index (χ4n) is 3.41. The first-order valence-electron chi connectivity index (χ1n) is 10.4. The maximum Gasteiger partial charge on any atom is 0.263 e.